The highest BCUT2D eigenvalue weighted by Gasteiger charge is 2.11. The Morgan fingerprint density at radius 2 is 2.11 bits per heavy atom. The van der Waals surface area contributed by atoms with Crippen molar-refractivity contribution in [2.45, 2.75) is 26.3 Å². The van der Waals surface area contributed by atoms with E-state index in [-0.39, 0.29) is 5.56 Å². The van der Waals surface area contributed by atoms with Gasteiger partial charge in [-0.1, -0.05) is 43.1 Å². The third-order valence-electron chi connectivity index (χ3n) is 2.86. The van der Waals surface area contributed by atoms with Crippen molar-refractivity contribution in [3.63, 3.8) is 0 Å². The maximum Gasteiger partial charge on any atom is 0.290 e. The molecule has 1 aromatic carbocycles. The number of halogens is 1. The van der Waals surface area contributed by atoms with Gasteiger partial charge in [-0.15, -0.1) is 0 Å². The molecule has 2 rings (SSSR count). The molecule has 18 heavy (non-hydrogen) atoms. The molecule has 0 aliphatic rings. The summed E-state index contributed by atoms with van der Waals surface area (Å²) in [6.07, 6.45) is 1.72. The zero-order valence-corrected chi connectivity index (χ0v) is 11.0. The van der Waals surface area contributed by atoms with Crippen molar-refractivity contribution in [2.24, 2.45) is 0 Å². The van der Waals surface area contributed by atoms with Crippen LogP contribution in [0.2, 0.25) is 5.02 Å². The molecule has 0 atom stereocenters. The monoisotopic (exact) mass is 265 g/mol. The van der Waals surface area contributed by atoms with Gasteiger partial charge in [0.1, 0.15) is 5.69 Å². The molecular weight excluding hydrogens is 250 g/mol. The van der Waals surface area contributed by atoms with E-state index < -0.39 is 0 Å². The maximum absolute atomic E-state index is 11.9. The SMILES string of the molecule is CCCc1[nH]n(Cc2ccccc2Cl)c(=O)c1N. The summed E-state index contributed by atoms with van der Waals surface area (Å²) in [4.78, 5) is 11.9. The van der Waals surface area contributed by atoms with Gasteiger partial charge in [-0.05, 0) is 18.1 Å². The predicted octanol–water partition coefficient (Wildman–Crippen LogP) is 2.41. The molecule has 0 aliphatic heterocycles. The van der Waals surface area contributed by atoms with Crippen molar-refractivity contribution in [2.75, 3.05) is 5.73 Å². The van der Waals surface area contributed by atoms with Crippen LogP contribution in [0.5, 0.6) is 0 Å². The predicted molar refractivity (Wildman–Crippen MR) is 74.0 cm³/mol. The van der Waals surface area contributed by atoms with Gasteiger partial charge in [-0.2, -0.15) is 0 Å². The molecule has 0 unspecified atom stereocenters. The number of rotatable bonds is 4. The molecule has 5 heteroatoms. The van der Waals surface area contributed by atoms with Crippen molar-refractivity contribution in [1.82, 2.24) is 9.78 Å². The van der Waals surface area contributed by atoms with Crippen LogP contribution in [-0.4, -0.2) is 9.78 Å². The van der Waals surface area contributed by atoms with Crippen LogP contribution in [0.4, 0.5) is 5.69 Å². The van der Waals surface area contributed by atoms with Gasteiger partial charge in [0.05, 0.1) is 12.2 Å². The summed E-state index contributed by atoms with van der Waals surface area (Å²) >= 11 is 6.07. The average molecular weight is 266 g/mol. The number of aromatic nitrogens is 2. The van der Waals surface area contributed by atoms with E-state index in [2.05, 4.69) is 5.10 Å². The van der Waals surface area contributed by atoms with Gasteiger partial charge in [0.15, 0.2) is 0 Å². The molecule has 0 fully saturated rings. The fraction of sp³-hybridized carbons (Fsp3) is 0.308. The summed E-state index contributed by atoms with van der Waals surface area (Å²) < 4.78 is 1.50. The van der Waals surface area contributed by atoms with Gasteiger partial charge in [-0.25, -0.2) is 4.68 Å². The van der Waals surface area contributed by atoms with Crippen LogP contribution in [0.15, 0.2) is 29.1 Å². The van der Waals surface area contributed by atoms with Crippen molar-refractivity contribution >= 4 is 17.3 Å². The lowest BCUT2D eigenvalue weighted by molar-refractivity contribution is 0.649. The molecule has 96 valence electrons. The minimum absolute atomic E-state index is 0.182. The fourth-order valence-electron chi connectivity index (χ4n) is 1.90. The summed E-state index contributed by atoms with van der Waals surface area (Å²) in [5.74, 6) is 0. The Morgan fingerprint density at radius 1 is 1.39 bits per heavy atom. The van der Waals surface area contributed by atoms with Crippen LogP contribution >= 0.6 is 11.6 Å². The molecule has 0 amide bonds. The molecule has 0 spiro atoms. The molecule has 1 heterocycles. The summed E-state index contributed by atoms with van der Waals surface area (Å²) in [6.45, 7) is 2.45. The van der Waals surface area contributed by atoms with E-state index in [9.17, 15) is 4.79 Å². The highest BCUT2D eigenvalue weighted by molar-refractivity contribution is 6.31. The van der Waals surface area contributed by atoms with Gasteiger partial charge in [0.2, 0.25) is 0 Å². The quantitative estimate of drug-likeness (QED) is 0.892. The van der Waals surface area contributed by atoms with E-state index in [1.54, 1.807) is 6.07 Å². The fourth-order valence-corrected chi connectivity index (χ4v) is 2.09. The van der Waals surface area contributed by atoms with Crippen molar-refractivity contribution in [3.05, 3.63) is 50.9 Å². The molecule has 0 radical (unpaired) electrons. The second kappa shape index (κ2) is 5.31. The van der Waals surface area contributed by atoms with E-state index >= 15 is 0 Å². The zero-order chi connectivity index (χ0) is 13.1. The van der Waals surface area contributed by atoms with Crippen LogP contribution in [-0.2, 0) is 13.0 Å². The molecule has 1 aromatic heterocycles. The average Bonchev–Trinajstić information content (AvgIpc) is 2.61. The van der Waals surface area contributed by atoms with Gasteiger partial charge in [0.25, 0.3) is 5.56 Å². The molecular formula is C13H16ClN3O. The lowest BCUT2D eigenvalue weighted by atomic mass is 10.2. The summed E-state index contributed by atoms with van der Waals surface area (Å²) in [6, 6.07) is 7.46. The minimum atomic E-state index is -0.182. The van der Waals surface area contributed by atoms with Crippen LogP contribution in [0.25, 0.3) is 0 Å². The summed E-state index contributed by atoms with van der Waals surface area (Å²) in [7, 11) is 0. The normalized spacial score (nSPS) is 10.8. The summed E-state index contributed by atoms with van der Waals surface area (Å²) in [5.41, 5.74) is 7.61. The Balaban J connectivity index is 2.33. The number of aromatic amines is 1. The van der Waals surface area contributed by atoms with Crippen molar-refractivity contribution in [3.8, 4) is 0 Å². The highest BCUT2D eigenvalue weighted by atomic mass is 35.5. The number of anilines is 1. The van der Waals surface area contributed by atoms with E-state index in [0.717, 1.165) is 24.1 Å². The molecule has 3 N–H and O–H groups in total. The number of hydrogen-bond acceptors (Lipinski definition) is 2. The third kappa shape index (κ3) is 2.43. The van der Waals surface area contributed by atoms with Crippen LogP contribution in [0.1, 0.15) is 24.6 Å². The van der Waals surface area contributed by atoms with Gasteiger partial charge in [-0.3, -0.25) is 9.89 Å². The lowest BCUT2D eigenvalue weighted by Crippen LogP contribution is -2.19. The smallest absolute Gasteiger partial charge is 0.290 e. The number of benzene rings is 1. The Bertz CT molecular complexity index is 601. The van der Waals surface area contributed by atoms with E-state index in [4.69, 9.17) is 17.3 Å². The zero-order valence-electron chi connectivity index (χ0n) is 10.2. The number of nitrogens with zero attached hydrogens (tertiary/aromatic N) is 1. The van der Waals surface area contributed by atoms with Crippen LogP contribution in [0, 0.1) is 0 Å². The third-order valence-corrected chi connectivity index (χ3v) is 3.23. The molecule has 2 aromatic rings. The number of nitrogens with two attached hydrogens (primary N) is 1. The lowest BCUT2D eigenvalue weighted by Gasteiger charge is -2.04. The molecule has 0 saturated heterocycles. The molecule has 4 nitrogen and oxygen atoms in total. The van der Waals surface area contributed by atoms with E-state index in [1.165, 1.54) is 4.68 Å². The number of hydrogen-bond donors (Lipinski definition) is 2. The standard InChI is InChI=1S/C13H16ClN3O/c1-2-5-11-12(15)13(18)17(16-11)8-9-6-3-4-7-10(9)14/h3-4,6-7,16H,2,5,8,15H2,1H3. The van der Waals surface area contributed by atoms with Crippen molar-refractivity contribution < 1.29 is 0 Å². The maximum atomic E-state index is 11.9. The second-order valence-electron chi connectivity index (χ2n) is 4.24. The van der Waals surface area contributed by atoms with E-state index in [0.29, 0.717) is 17.3 Å². The van der Waals surface area contributed by atoms with E-state index in [1.807, 2.05) is 25.1 Å². The molecule has 0 saturated carbocycles. The second-order valence-corrected chi connectivity index (χ2v) is 4.64. The van der Waals surface area contributed by atoms with Crippen LogP contribution in [0.3, 0.4) is 0 Å². The van der Waals surface area contributed by atoms with Crippen molar-refractivity contribution in [1.29, 1.82) is 0 Å². The van der Waals surface area contributed by atoms with Gasteiger partial charge >= 0.3 is 0 Å². The number of nitrogens with one attached hydrogen (secondary N) is 1. The molecule has 0 bridgehead atoms. The largest absolute Gasteiger partial charge is 0.393 e. The van der Waals surface area contributed by atoms with Crippen LogP contribution < -0.4 is 11.3 Å². The Morgan fingerprint density at radius 3 is 2.78 bits per heavy atom. The van der Waals surface area contributed by atoms with Gasteiger partial charge < -0.3 is 5.73 Å². The first-order valence-corrected chi connectivity index (χ1v) is 6.31. The molecule has 0 aliphatic carbocycles. The number of nitrogen functional groups attached to an aromatic ring is 1. The first-order chi connectivity index (χ1) is 8.63. The Labute approximate surface area is 110 Å². The number of H-pyrrole nitrogens is 1. The minimum Gasteiger partial charge on any atom is -0.393 e. The first kappa shape index (κ1) is 12.8. The Hall–Kier alpha value is -1.68. The Kier molecular flexibility index (Phi) is 3.77. The number of aryl methyl sites for hydroxylation is 1. The summed E-state index contributed by atoms with van der Waals surface area (Å²) in [5, 5.41) is 3.69. The topological polar surface area (TPSA) is 63.8 Å². The van der Waals surface area contributed by atoms with Gasteiger partial charge in [0, 0.05) is 5.02 Å². The first-order valence-electron chi connectivity index (χ1n) is 5.94. The highest BCUT2D eigenvalue weighted by Crippen LogP contribution is 2.16.